The normalized spacial score (nSPS) is 20.3. The number of thiophene rings is 2. The summed E-state index contributed by atoms with van der Waals surface area (Å²) in [6, 6.07) is 4.27. The number of ether oxygens (including phenoxy) is 1. The fraction of sp³-hybridized carbons (Fsp3) is 0.500. The highest BCUT2D eigenvalue weighted by atomic mass is 32.1. The van der Waals surface area contributed by atoms with Gasteiger partial charge >= 0.3 is 0 Å². The minimum absolute atomic E-state index is 0.298. The van der Waals surface area contributed by atoms with Crippen molar-refractivity contribution in [1.82, 2.24) is 0 Å². The van der Waals surface area contributed by atoms with Gasteiger partial charge in [0.05, 0.1) is 6.10 Å². The molecule has 1 saturated heterocycles. The van der Waals surface area contributed by atoms with Crippen LogP contribution in [0.5, 0.6) is 0 Å². The molecule has 0 aliphatic carbocycles. The molecule has 4 heteroatoms. The molecule has 1 atom stereocenters. The number of aliphatic hydroxyl groups excluding tert-OH is 1. The number of hydrogen-bond donors (Lipinski definition) is 1. The largest absolute Gasteiger partial charge is 0.387 e. The van der Waals surface area contributed by atoms with Crippen molar-refractivity contribution in [2.24, 2.45) is 5.92 Å². The van der Waals surface area contributed by atoms with Gasteiger partial charge in [0.2, 0.25) is 0 Å². The van der Waals surface area contributed by atoms with Crippen LogP contribution in [0.15, 0.2) is 17.5 Å². The van der Waals surface area contributed by atoms with Crippen LogP contribution in [-0.4, -0.2) is 18.3 Å². The molecule has 2 nitrogen and oxygen atoms in total. The second kappa shape index (κ2) is 4.45. The molecule has 16 heavy (non-hydrogen) atoms. The monoisotopic (exact) mass is 254 g/mol. The van der Waals surface area contributed by atoms with Crippen LogP contribution in [0.3, 0.4) is 0 Å². The van der Waals surface area contributed by atoms with E-state index in [1.807, 2.05) is 0 Å². The van der Waals surface area contributed by atoms with Crippen molar-refractivity contribution in [2.45, 2.75) is 18.9 Å². The van der Waals surface area contributed by atoms with Crippen LogP contribution in [-0.2, 0) is 4.74 Å². The molecular weight excluding hydrogens is 240 g/mol. The lowest BCUT2D eigenvalue weighted by molar-refractivity contribution is 0.00857. The van der Waals surface area contributed by atoms with Crippen LogP contribution in [0.1, 0.15) is 23.8 Å². The van der Waals surface area contributed by atoms with E-state index in [2.05, 4.69) is 17.5 Å². The van der Waals surface area contributed by atoms with E-state index >= 15 is 0 Å². The van der Waals surface area contributed by atoms with Gasteiger partial charge in [0.25, 0.3) is 0 Å². The van der Waals surface area contributed by atoms with Crippen LogP contribution < -0.4 is 0 Å². The van der Waals surface area contributed by atoms with Crippen LogP contribution in [0, 0.1) is 5.92 Å². The van der Waals surface area contributed by atoms with Crippen molar-refractivity contribution < 1.29 is 9.84 Å². The third kappa shape index (κ3) is 1.91. The van der Waals surface area contributed by atoms with Crippen LogP contribution in [0.2, 0.25) is 0 Å². The van der Waals surface area contributed by atoms with E-state index in [-0.39, 0.29) is 6.10 Å². The maximum Gasteiger partial charge on any atom is 0.0912 e. The maximum atomic E-state index is 10.3. The summed E-state index contributed by atoms with van der Waals surface area (Å²) in [5.41, 5.74) is 0. The summed E-state index contributed by atoms with van der Waals surface area (Å²) < 4.78 is 7.92. The van der Waals surface area contributed by atoms with Gasteiger partial charge in [0.1, 0.15) is 0 Å². The van der Waals surface area contributed by atoms with E-state index in [1.54, 1.807) is 22.7 Å². The van der Waals surface area contributed by atoms with Crippen LogP contribution >= 0.6 is 22.7 Å². The summed E-state index contributed by atoms with van der Waals surface area (Å²) in [4.78, 5) is 1.12. The maximum absolute atomic E-state index is 10.3. The molecule has 1 aliphatic heterocycles. The molecule has 0 radical (unpaired) electrons. The quantitative estimate of drug-likeness (QED) is 0.889. The fourth-order valence-electron chi connectivity index (χ4n) is 2.19. The SMILES string of the molecule is OC(c1cc2sccc2s1)C1CCOCC1. The minimum Gasteiger partial charge on any atom is -0.387 e. The Morgan fingerprint density at radius 2 is 2.12 bits per heavy atom. The molecule has 1 N–H and O–H groups in total. The van der Waals surface area contributed by atoms with Crippen molar-refractivity contribution in [3.05, 3.63) is 22.4 Å². The van der Waals surface area contributed by atoms with Gasteiger partial charge in [-0.15, -0.1) is 22.7 Å². The van der Waals surface area contributed by atoms with Crippen molar-refractivity contribution in [2.75, 3.05) is 13.2 Å². The van der Waals surface area contributed by atoms with E-state index in [4.69, 9.17) is 4.74 Å². The van der Waals surface area contributed by atoms with E-state index in [1.165, 1.54) is 9.40 Å². The minimum atomic E-state index is -0.298. The lowest BCUT2D eigenvalue weighted by atomic mass is 9.93. The first-order valence-electron chi connectivity index (χ1n) is 5.57. The Bertz CT molecular complexity index is 440. The average Bonchev–Trinajstić information content (AvgIpc) is 2.89. The zero-order valence-electron chi connectivity index (χ0n) is 8.89. The zero-order chi connectivity index (χ0) is 11.0. The fourth-order valence-corrected chi connectivity index (χ4v) is 4.39. The highest BCUT2D eigenvalue weighted by molar-refractivity contribution is 7.26. The molecule has 0 bridgehead atoms. The van der Waals surface area contributed by atoms with E-state index in [9.17, 15) is 5.11 Å². The molecule has 2 aromatic heterocycles. The summed E-state index contributed by atoms with van der Waals surface area (Å²) in [7, 11) is 0. The summed E-state index contributed by atoms with van der Waals surface area (Å²) in [6.45, 7) is 1.59. The smallest absolute Gasteiger partial charge is 0.0912 e. The Morgan fingerprint density at radius 3 is 2.88 bits per heavy atom. The molecule has 1 aliphatic rings. The number of fused-ring (bicyclic) bond motifs is 1. The molecule has 1 unspecified atom stereocenters. The molecular formula is C12H14O2S2. The molecule has 0 spiro atoms. The Hall–Kier alpha value is -0.420. The van der Waals surface area contributed by atoms with Gasteiger partial charge in [-0.1, -0.05) is 0 Å². The molecule has 0 aromatic carbocycles. The first kappa shape index (κ1) is 10.7. The average molecular weight is 254 g/mol. The first-order chi connectivity index (χ1) is 7.84. The molecule has 86 valence electrons. The first-order valence-corrected chi connectivity index (χ1v) is 7.27. The van der Waals surface area contributed by atoms with Crippen molar-refractivity contribution in [1.29, 1.82) is 0 Å². The predicted octanol–water partition coefficient (Wildman–Crippen LogP) is 3.42. The van der Waals surface area contributed by atoms with Crippen molar-refractivity contribution >= 4 is 32.1 Å². The second-order valence-electron chi connectivity index (χ2n) is 4.19. The molecule has 2 aromatic rings. The summed E-state index contributed by atoms with van der Waals surface area (Å²) in [6.07, 6.45) is 1.66. The number of hydrogen-bond acceptors (Lipinski definition) is 4. The predicted molar refractivity (Wildman–Crippen MR) is 68.2 cm³/mol. The van der Waals surface area contributed by atoms with Crippen molar-refractivity contribution in [3.63, 3.8) is 0 Å². The molecule has 1 fully saturated rings. The molecule has 3 rings (SSSR count). The van der Waals surface area contributed by atoms with E-state index in [0.29, 0.717) is 5.92 Å². The van der Waals surface area contributed by atoms with Crippen LogP contribution in [0.4, 0.5) is 0 Å². The van der Waals surface area contributed by atoms with Gasteiger partial charge in [-0.2, -0.15) is 0 Å². The zero-order valence-corrected chi connectivity index (χ0v) is 10.5. The lowest BCUT2D eigenvalue weighted by Crippen LogP contribution is -2.21. The lowest BCUT2D eigenvalue weighted by Gasteiger charge is -2.25. The Kier molecular flexibility index (Phi) is 2.98. The third-order valence-electron chi connectivity index (χ3n) is 3.16. The van der Waals surface area contributed by atoms with Crippen LogP contribution in [0.25, 0.3) is 9.40 Å². The van der Waals surface area contributed by atoms with E-state index < -0.39 is 0 Å². The highest BCUT2D eigenvalue weighted by Gasteiger charge is 2.24. The number of aliphatic hydroxyl groups is 1. The molecule has 0 amide bonds. The van der Waals surface area contributed by atoms with Crippen molar-refractivity contribution in [3.8, 4) is 0 Å². The van der Waals surface area contributed by atoms with Gasteiger partial charge in [-0.3, -0.25) is 0 Å². The summed E-state index contributed by atoms with van der Waals surface area (Å²) in [5.74, 6) is 0.376. The Labute approximate surface area is 102 Å². The summed E-state index contributed by atoms with van der Waals surface area (Å²) in [5, 5.41) is 12.4. The standard InChI is InChI=1S/C12H14O2S2/c13-12(8-1-4-14-5-2-8)11-7-10-9(16-11)3-6-15-10/h3,6-8,12-13H,1-2,4-5H2. The van der Waals surface area contributed by atoms with E-state index in [0.717, 1.165) is 30.9 Å². The Balaban J connectivity index is 1.83. The highest BCUT2D eigenvalue weighted by Crippen LogP contribution is 2.38. The molecule has 3 heterocycles. The Morgan fingerprint density at radius 1 is 1.31 bits per heavy atom. The topological polar surface area (TPSA) is 29.5 Å². The molecule has 0 saturated carbocycles. The van der Waals surface area contributed by atoms with Gasteiger partial charge in [0, 0.05) is 27.5 Å². The van der Waals surface area contributed by atoms with Gasteiger partial charge < -0.3 is 9.84 Å². The van der Waals surface area contributed by atoms with Gasteiger partial charge in [-0.05, 0) is 36.3 Å². The summed E-state index contributed by atoms with van der Waals surface area (Å²) >= 11 is 3.47. The van der Waals surface area contributed by atoms with Gasteiger partial charge in [0.15, 0.2) is 0 Å². The van der Waals surface area contributed by atoms with Gasteiger partial charge in [-0.25, -0.2) is 0 Å². The number of rotatable bonds is 2. The third-order valence-corrected chi connectivity index (χ3v) is 5.33. The second-order valence-corrected chi connectivity index (χ2v) is 6.26.